The summed E-state index contributed by atoms with van der Waals surface area (Å²) < 4.78 is 9.66. The van der Waals surface area contributed by atoms with Gasteiger partial charge in [-0.1, -0.05) is 42.5 Å². The minimum Gasteiger partial charge on any atom is -0.468 e. The highest BCUT2D eigenvalue weighted by molar-refractivity contribution is 6.02. The van der Waals surface area contributed by atoms with E-state index in [1.165, 1.54) is 18.2 Å². The van der Waals surface area contributed by atoms with Gasteiger partial charge in [0, 0.05) is 17.1 Å². The van der Waals surface area contributed by atoms with Crippen molar-refractivity contribution in [2.24, 2.45) is 5.41 Å². The Morgan fingerprint density at radius 3 is 2.06 bits per heavy atom. The van der Waals surface area contributed by atoms with Crippen LogP contribution in [0.4, 0.5) is 5.69 Å². The highest BCUT2D eigenvalue weighted by atomic mass is 16.6. The predicted octanol–water partition coefficient (Wildman–Crippen LogP) is 2.20. The average molecular weight is 458 g/mol. The summed E-state index contributed by atoms with van der Waals surface area (Å²) in [5.74, 6) is -4.99. The van der Waals surface area contributed by atoms with Crippen molar-refractivity contribution < 1.29 is 34.0 Å². The molecule has 1 aliphatic rings. The van der Waals surface area contributed by atoms with Crippen LogP contribution in [0.1, 0.15) is 29.4 Å². The molecule has 0 radical (unpaired) electrons. The van der Waals surface area contributed by atoms with Gasteiger partial charge in [-0.05, 0) is 17.5 Å². The third-order valence-electron chi connectivity index (χ3n) is 6.20. The van der Waals surface area contributed by atoms with E-state index in [9.17, 15) is 34.9 Å². The number of aliphatic hydroxyl groups excluding tert-OH is 1. The van der Waals surface area contributed by atoms with Gasteiger partial charge in [-0.15, -0.1) is 0 Å². The summed E-state index contributed by atoms with van der Waals surface area (Å²) in [5, 5.41) is 35.0. The van der Waals surface area contributed by atoms with Gasteiger partial charge < -0.3 is 14.6 Å². The molecule has 0 heterocycles. The maximum Gasteiger partial charge on any atom is 0.326 e. The first-order valence-electron chi connectivity index (χ1n) is 9.97. The second kappa shape index (κ2) is 9.33. The zero-order valence-corrected chi connectivity index (χ0v) is 17.8. The fourth-order valence-electron chi connectivity index (χ4n) is 4.82. The van der Waals surface area contributed by atoms with E-state index in [4.69, 9.17) is 9.47 Å². The third kappa shape index (κ3) is 3.91. The topological polar surface area (TPSA) is 159 Å². The molecule has 33 heavy (non-hydrogen) atoms. The smallest absolute Gasteiger partial charge is 0.326 e. The van der Waals surface area contributed by atoms with E-state index in [2.05, 4.69) is 0 Å². The number of methoxy groups -OCH3 is 2. The van der Waals surface area contributed by atoms with E-state index >= 15 is 0 Å². The number of carbonyl (C=O) groups excluding carboxylic acids is 2. The SMILES string of the molecule is COC(=O)C1(C(=O)OC)[C@H](O)C[C@@H](c2ccccc2)[C@@H]([N+](=O)[O-])[C@@H]1c1cccc([N+](=O)[O-])c1. The molecule has 2 aromatic rings. The normalized spacial score (nSPS) is 23.8. The number of rotatable bonds is 6. The summed E-state index contributed by atoms with van der Waals surface area (Å²) in [6.45, 7) is 0. The summed E-state index contributed by atoms with van der Waals surface area (Å²) in [7, 11) is 1.96. The molecule has 0 amide bonds. The fraction of sp³-hybridized carbons (Fsp3) is 0.364. The van der Waals surface area contributed by atoms with Crippen LogP contribution in [0.3, 0.4) is 0 Å². The van der Waals surface area contributed by atoms with Gasteiger partial charge in [0.15, 0.2) is 0 Å². The molecule has 0 aromatic heterocycles. The number of nitro groups is 2. The van der Waals surface area contributed by atoms with Gasteiger partial charge in [0.05, 0.1) is 37.1 Å². The molecule has 0 saturated heterocycles. The van der Waals surface area contributed by atoms with Crippen LogP contribution < -0.4 is 0 Å². The molecule has 3 rings (SSSR count). The molecule has 2 aromatic carbocycles. The van der Waals surface area contributed by atoms with E-state index in [1.54, 1.807) is 30.3 Å². The van der Waals surface area contributed by atoms with Crippen molar-refractivity contribution in [2.45, 2.75) is 30.4 Å². The Bertz CT molecular complexity index is 1060. The molecule has 0 spiro atoms. The van der Waals surface area contributed by atoms with Crippen LogP contribution in [-0.2, 0) is 19.1 Å². The Hall–Kier alpha value is -3.86. The second-order valence-corrected chi connectivity index (χ2v) is 7.73. The lowest BCUT2D eigenvalue weighted by molar-refractivity contribution is -0.538. The van der Waals surface area contributed by atoms with Crippen molar-refractivity contribution in [3.63, 3.8) is 0 Å². The molecule has 0 unspecified atom stereocenters. The Labute approximate surface area is 188 Å². The van der Waals surface area contributed by atoms with Crippen LogP contribution in [0.2, 0.25) is 0 Å². The lowest BCUT2D eigenvalue weighted by Gasteiger charge is -2.46. The zero-order chi connectivity index (χ0) is 24.3. The van der Waals surface area contributed by atoms with Crippen LogP contribution >= 0.6 is 0 Å². The quantitative estimate of drug-likeness (QED) is 0.296. The Balaban J connectivity index is 2.37. The zero-order valence-electron chi connectivity index (χ0n) is 17.8. The number of nitrogens with zero attached hydrogens (tertiary/aromatic N) is 2. The Morgan fingerprint density at radius 2 is 1.55 bits per heavy atom. The van der Waals surface area contributed by atoms with Crippen molar-refractivity contribution in [3.8, 4) is 0 Å². The highest BCUT2D eigenvalue weighted by Crippen LogP contribution is 2.54. The molecule has 174 valence electrons. The van der Waals surface area contributed by atoms with Gasteiger partial charge in [-0.3, -0.25) is 29.8 Å². The average Bonchev–Trinajstić information content (AvgIpc) is 2.82. The van der Waals surface area contributed by atoms with Crippen LogP contribution in [0.15, 0.2) is 54.6 Å². The first-order valence-corrected chi connectivity index (χ1v) is 9.97. The van der Waals surface area contributed by atoms with Crippen molar-refractivity contribution in [1.29, 1.82) is 0 Å². The van der Waals surface area contributed by atoms with Crippen LogP contribution in [0.5, 0.6) is 0 Å². The molecule has 1 N–H and O–H groups in total. The maximum atomic E-state index is 13.1. The third-order valence-corrected chi connectivity index (χ3v) is 6.20. The summed E-state index contributed by atoms with van der Waals surface area (Å²) in [6, 6.07) is 11.6. The van der Waals surface area contributed by atoms with Gasteiger partial charge >= 0.3 is 11.9 Å². The molecule has 1 fully saturated rings. The maximum absolute atomic E-state index is 13.1. The molecule has 11 nitrogen and oxygen atoms in total. The van der Waals surface area contributed by atoms with Crippen LogP contribution in [0.25, 0.3) is 0 Å². The predicted molar refractivity (Wildman–Crippen MR) is 113 cm³/mol. The van der Waals surface area contributed by atoms with Crippen molar-refractivity contribution in [3.05, 3.63) is 86.0 Å². The van der Waals surface area contributed by atoms with Crippen LogP contribution in [-0.4, -0.2) is 53.3 Å². The number of carbonyl (C=O) groups is 2. The van der Waals surface area contributed by atoms with Gasteiger partial charge in [-0.2, -0.15) is 0 Å². The molecule has 1 aliphatic carbocycles. The molecule has 11 heteroatoms. The van der Waals surface area contributed by atoms with Gasteiger partial charge in [0.25, 0.3) is 5.69 Å². The number of aliphatic hydroxyl groups is 1. The number of hydrogen-bond donors (Lipinski definition) is 1. The molecular weight excluding hydrogens is 436 g/mol. The first-order chi connectivity index (χ1) is 15.7. The Kier molecular flexibility index (Phi) is 6.73. The summed E-state index contributed by atoms with van der Waals surface area (Å²) in [4.78, 5) is 48.6. The van der Waals surface area contributed by atoms with Gasteiger partial charge in [-0.25, -0.2) is 0 Å². The summed E-state index contributed by atoms with van der Waals surface area (Å²) >= 11 is 0. The highest BCUT2D eigenvalue weighted by Gasteiger charge is 2.69. The second-order valence-electron chi connectivity index (χ2n) is 7.73. The largest absolute Gasteiger partial charge is 0.468 e. The van der Waals surface area contributed by atoms with E-state index < -0.39 is 56.9 Å². The van der Waals surface area contributed by atoms with Crippen LogP contribution in [0, 0.1) is 25.6 Å². The van der Waals surface area contributed by atoms with Gasteiger partial charge in [0.2, 0.25) is 11.5 Å². The number of nitro benzene ring substituents is 1. The minimum absolute atomic E-state index is 0.0404. The van der Waals surface area contributed by atoms with E-state index in [0.29, 0.717) is 5.56 Å². The number of ether oxygens (including phenoxy) is 2. The molecule has 0 bridgehead atoms. The summed E-state index contributed by atoms with van der Waals surface area (Å²) in [5.41, 5.74) is -2.44. The Morgan fingerprint density at radius 1 is 0.970 bits per heavy atom. The minimum atomic E-state index is -2.51. The number of benzene rings is 2. The lowest BCUT2D eigenvalue weighted by atomic mass is 9.56. The standard InChI is InChI=1S/C22H22N2O9/c1-32-20(26)22(21(27)33-2)17(25)12-16(13-7-4-3-5-8-13)19(24(30)31)18(22)14-9-6-10-15(11-14)23(28)29/h3-11,16-19,25H,12H2,1-2H3/t16-,17+,18-,19+/m0/s1. The first kappa shape index (κ1) is 23.8. The molecule has 1 saturated carbocycles. The van der Waals surface area contributed by atoms with E-state index in [1.807, 2.05) is 0 Å². The van der Waals surface area contributed by atoms with E-state index in [-0.39, 0.29) is 12.0 Å². The lowest BCUT2D eigenvalue weighted by Crippen LogP contribution is -2.62. The van der Waals surface area contributed by atoms with Gasteiger partial charge in [0.1, 0.15) is 0 Å². The summed E-state index contributed by atoms with van der Waals surface area (Å²) in [6.07, 6.45) is -2.05. The van der Waals surface area contributed by atoms with Crippen molar-refractivity contribution in [1.82, 2.24) is 0 Å². The van der Waals surface area contributed by atoms with Crippen molar-refractivity contribution in [2.75, 3.05) is 14.2 Å². The number of hydrogen-bond acceptors (Lipinski definition) is 9. The number of esters is 2. The monoisotopic (exact) mass is 458 g/mol. The molecular formula is C22H22N2O9. The number of non-ortho nitro benzene ring substituents is 1. The van der Waals surface area contributed by atoms with Crippen molar-refractivity contribution >= 4 is 17.6 Å². The van der Waals surface area contributed by atoms with E-state index in [0.717, 1.165) is 20.3 Å². The molecule has 4 atom stereocenters. The molecule has 0 aliphatic heterocycles. The fourth-order valence-corrected chi connectivity index (χ4v) is 4.82.